The van der Waals surface area contributed by atoms with E-state index in [2.05, 4.69) is 23.5 Å². The summed E-state index contributed by atoms with van der Waals surface area (Å²) in [6, 6.07) is 32.6. The van der Waals surface area contributed by atoms with Crippen LogP contribution in [-0.4, -0.2) is 33.5 Å². The highest BCUT2D eigenvalue weighted by Gasteiger charge is 2.55. The Morgan fingerprint density at radius 2 is 1.46 bits per heavy atom. The molecule has 0 saturated heterocycles. The van der Waals surface area contributed by atoms with Crippen molar-refractivity contribution < 1.29 is 27.5 Å². The summed E-state index contributed by atoms with van der Waals surface area (Å²) in [6.07, 6.45) is 4.41. The highest BCUT2D eigenvalue weighted by molar-refractivity contribution is 7.90. The number of sulfonamides is 1. The van der Waals surface area contributed by atoms with Gasteiger partial charge in [-0.05, 0) is 74.9 Å². The molecule has 2 aliphatic rings. The van der Waals surface area contributed by atoms with Gasteiger partial charge in [0.1, 0.15) is 11.5 Å². The number of urea groups is 1. The third-order valence-electron chi connectivity index (χ3n) is 9.73. The summed E-state index contributed by atoms with van der Waals surface area (Å²) < 4.78 is 42.8. The average molecular weight is 716 g/mol. The molecule has 1 spiro atoms. The van der Waals surface area contributed by atoms with E-state index in [-0.39, 0.29) is 10.6 Å². The van der Waals surface area contributed by atoms with E-state index < -0.39 is 27.6 Å². The lowest BCUT2D eigenvalue weighted by atomic mass is 9.76. The van der Waals surface area contributed by atoms with Gasteiger partial charge in [0.15, 0.2) is 5.60 Å². The molecule has 5 aromatic carbocycles. The highest BCUT2D eigenvalue weighted by Crippen LogP contribution is 2.59. The van der Waals surface area contributed by atoms with Gasteiger partial charge in [0, 0.05) is 29.9 Å². The van der Waals surface area contributed by atoms with Gasteiger partial charge in [-0.1, -0.05) is 92.4 Å². The van der Waals surface area contributed by atoms with Crippen LogP contribution in [0.1, 0.15) is 72.1 Å². The van der Waals surface area contributed by atoms with Crippen LogP contribution in [0.5, 0.6) is 11.5 Å². The Morgan fingerprint density at radius 3 is 2.23 bits per heavy atom. The van der Waals surface area contributed by atoms with Gasteiger partial charge in [-0.15, -0.1) is 0 Å². The zero-order valence-corrected chi connectivity index (χ0v) is 30.3. The standard InChI is InChI=1S/C42H41N3O6S/c1-4-6-7-12-27-44(5-2)30-15-13-16-31(28-30)45(41(47)43-52(48,49)32-25-23-29(3)24-26-32)36-20-14-22-38-39(36)42(35-19-10-11-21-37(35)50-38)34-18-9-8-17-33(34)40(46)51-42/h8-11,13-26,28H,4-7,12,27H2,1-3H3,(H,43,47). The minimum absolute atomic E-state index is 0.0492. The fourth-order valence-electron chi connectivity index (χ4n) is 7.18. The molecule has 5 aromatic rings. The first-order chi connectivity index (χ1) is 25.2. The third-order valence-corrected chi connectivity index (χ3v) is 11.1. The predicted molar refractivity (Wildman–Crippen MR) is 202 cm³/mol. The molecular weight excluding hydrogens is 675 g/mol. The molecule has 266 valence electrons. The van der Waals surface area contributed by atoms with E-state index in [0.29, 0.717) is 39.4 Å². The monoisotopic (exact) mass is 715 g/mol. The molecule has 10 heteroatoms. The molecule has 52 heavy (non-hydrogen) atoms. The number of carbonyl (C=O) groups excluding carboxylic acids is 2. The lowest BCUT2D eigenvalue weighted by molar-refractivity contribution is 0.0226. The smallest absolute Gasteiger partial charge is 0.340 e. The number of amides is 2. The lowest BCUT2D eigenvalue weighted by Gasteiger charge is -2.39. The largest absolute Gasteiger partial charge is 0.456 e. The summed E-state index contributed by atoms with van der Waals surface area (Å²) in [5.74, 6) is 0.343. The number of aryl methyl sites for hydroxylation is 1. The van der Waals surface area contributed by atoms with Crippen LogP contribution in [0.4, 0.5) is 21.9 Å². The number of para-hydroxylation sites is 1. The zero-order valence-electron chi connectivity index (χ0n) is 29.5. The van der Waals surface area contributed by atoms with Crippen molar-refractivity contribution in [3.63, 3.8) is 0 Å². The second kappa shape index (κ2) is 14.2. The van der Waals surface area contributed by atoms with Crippen molar-refractivity contribution in [1.82, 2.24) is 4.72 Å². The number of anilines is 3. The molecule has 0 bridgehead atoms. The van der Waals surface area contributed by atoms with Crippen molar-refractivity contribution in [2.45, 2.75) is 57.0 Å². The van der Waals surface area contributed by atoms with Gasteiger partial charge in [0.05, 0.1) is 27.4 Å². The van der Waals surface area contributed by atoms with Crippen LogP contribution < -0.4 is 19.3 Å². The Kier molecular flexibility index (Phi) is 9.50. The molecule has 0 radical (unpaired) electrons. The molecule has 0 aliphatic carbocycles. The van der Waals surface area contributed by atoms with E-state index in [0.717, 1.165) is 50.0 Å². The van der Waals surface area contributed by atoms with Gasteiger partial charge in [0.2, 0.25) is 0 Å². The molecule has 0 fully saturated rings. The Bertz CT molecular complexity index is 2250. The maximum absolute atomic E-state index is 14.7. The molecule has 2 aliphatic heterocycles. The van der Waals surface area contributed by atoms with Crippen LogP contribution in [0, 0.1) is 6.92 Å². The zero-order chi connectivity index (χ0) is 36.5. The minimum Gasteiger partial charge on any atom is -0.456 e. The number of hydrogen-bond acceptors (Lipinski definition) is 7. The number of nitrogens with zero attached hydrogens (tertiary/aromatic N) is 2. The summed E-state index contributed by atoms with van der Waals surface area (Å²) in [5, 5.41) is 0. The maximum atomic E-state index is 14.7. The van der Waals surface area contributed by atoms with Crippen LogP contribution in [-0.2, 0) is 20.4 Å². The number of fused-ring (bicyclic) bond motifs is 6. The molecule has 9 nitrogen and oxygen atoms in total. The molecule has 1 unspecified atom stereocenters. The van der Waals surface area contributed by atoms with Crippen LogP contribution in [0.25, 0.3) is 0 Å². The van der Waals surface area contributed by atoms with Crippen molar-refractivity contribution in [2.75, 3.05) is 22.9 Å². The summed E-state index contributed by atoms with van der Waals surface area (Å²) in [7, 11) is -4.31. The molecule has 1 atom stereocenters. The SMILES string of the molecule is CCCCCCN(CC)c1cccc(N(C(=O)NS(=O)(=O)c2ccc(C)cc2)c2cccc3c2C2(OC(=O)c4ccccc42)c2ccccc2O3)c1. The summed E-state index contributed by atoms with van der Waals surface area (Å²) in [6.45, 7) is 7.69. The minimum atomic E-state index is -4.31. The Hall–Kier alpha value is -5.61. The second-order valence-electron chi connectivity index (χ2n) is 13.1. The first-order valence-electron chi connectivity index (χ1n) is 17.7. The van der Waals surface area contributed by atoms with Crippen LogP contribution in [0.3, 0.4) is 0 Å². The van der Waals surface area contributed by atoms with Crippen molar-refractivity contribution in [1.29, 1.82) is 0 Å². The van der Waals surface area contributed by atoms with Crippen molar-refractivity contribution in [2.24, 2.45) is 0 Å². The van der Waals surface area contributed by atoms with E-state index in [1.807, 2.05) is 61.5 Å². The molecule has 2 heterocycles. The first-order valence-corrected chi connectivity index (χ1v) is 19.2. The van der Waals surface area contributed by atoms with E-state index in [4.69, 9.17) is 9.47 Å². The molecular formula is C42H41N3O6S. The predicted octanol–water partition coefficient (Wildman–Crippen LogP) is 9.21. The van der Waals surface area contributed by atoms with Gasteiger partial charge in [-0.25, -0.2) is 22.7 Å². The second-order valence-corrected chi connectivity index (χ2v) is 14.8. The summed E-state index contributed by atoms with van der Waals surface area (Å²) in [4.78, 5) is 31.9. The van der Waals surface area contributed by atoms with Crippen molar-refractivity contribution >= 4 is 39.1 Å². The number of nitrogens with one attached hydrogen (secondary N) is 1. The van der Waals surface area contributed by atoms with Gasteiger partial charge < -0.3 is 14.4 Å². The Balaban J connectivity index is 1.42. The number of ether oxygens (including phenoxy) is 2. The fraction of sp³-hybridized carbons (Fsp3) is 0.238. The van der Waals surface area contributed by atoms with E-state index in [1.165, 1.54) is 17.0 Å². The van der Waals surface area contributed by atoms with Crippen LogP contribution in [0.15, 0.2) is 120 Å². The quantitative estimate of drug-likeness (QED) is 0.107. The fourth-order valence-corrected chi connectivity index (χ4v) is 8.11. The van der Waals surface area contributed by atoms with E-state index in [1.54, 1.807) is 48.5 Å². The van der Waals surface area contributed by atoms with E-state index >= 15 is 0 Å². The van der Waals surface area contributed by atoms with Gasteiger partial charge >= 0.3 is 12.0 Å². The number of unbranched alkanes of at least 4 members (excludes halogenated alkanes) is 3. The van der Waals surface area contributed by atoms with Gasteiger partial charge in [-0.2, -0.15) is 0 Å². The summed E-state index contributed by atoms with van der Waals surface area (Å²) >= 11 is 0. The summed E-state index contributed by atoms with van der Waals surface area (Å²) in [5.41, 5.74) is 2.93. The van der Waals surface area contributed by atoms with Crippen LogP contribution >= 0.6 is 0 Å². The number of carbonyl (C=O) groups is 2. The van der Waals surface area contributed by atoms with Crippen molar-refractivity contribution in [3.8, 4) is 11.5 Å². The van der Waals surface area contributed by atoms with Crippen molar-refractivity contribution in [3.05, 3.63) is 143 Å². The van der Waals surface area contributed by atoms with Gasteiger partial charge in [-0.3, -0.25) is 4.90 Å². The molecule has 0 aromatic heterocycles. The number of esters is 1. The highest BCUT2D eigenvalue weighted by atomic mass is 32.2. The lowest BCUT2D eigenvalue weighted by Crippen LogP contribution is -2.42. The molecule has 2 amide bonds. The molecule has 0 saturated carbocycles. The number of hydrogen-bond donors (Lipinski definition) is 1. The Labute approximate surface area is 304 Å². The molecule has 1 N–H and O–H groups in total. The number of benzene rings is 5. The third kappa shape index (κ3) is 6.17. The maximum Gasteiger partial charge on any atom is 0.340 e. The van der Waals surface area contributed by atoms with E-state index in [9.17, 15) is 18.0 Å². The number of rotatable bonds is 11. The average Bonchev–Trinajstić information content (AvgIpc) is 3.44. The van der Waals surface area contributed by atoms with Crippen LogP contribution in [0.2, 0.25) is 0 Å². The topological polar surface area (TPSA) is 105 Å². The molecule has 7 rings (SSSR count). The Morgan fingerprint density at radius 1 is 0.769 bits per heavy atom. The van der Waals surface area contributed by atoms with Gasteiger partial charge in [0.25, 0.3) is 10.0 Å². The first kappa shape index (κ1) is 34.8. The normalized spacial score (nSPS) is 15.6.